The number of benzene rings is 1. The van der Waals surface area contributed by atoms with Crippen LogP contribution in [0.4, 0.5) is 0 Å². The van der Waals surface area contributed by atoms with Crippen molar-refractivity contribution in [2.45, 2.75) is 19.3 Å². The molecular weight excluding hydrogens is 212 g/mol. The van der Waals surface area contributed by atoms with Gasteiger partial charge >= 0.3 is 0 Å². The molecule has 0 aliphatic heterocycles. The van der Waals surface area contributed by atoms with Crippen LogP contribution in [0.25, 0.3) is 10.9 Å². The van der Waals surface area contributed by atoms with Crippen molar-refractivity contribution >= 4 is 22.5 Å². The second kappa shape index (κ2) is 3.51. The molecule has 0 atom stereocenters. The summed E-state index contributed by atoms with van der Waals surface area (Å²) in [4.78, 5) is 0. The summed E-state index contributed by atoms with van der Waals surface area (Å²) < 4.78 is 0. The van der Waals surface area contributed by atoms with Gasteiger partial charge in [0, 0.05) is 10.8 Å². The van der Waals surface area contributed by atoms with Crippen molar-refractivity contribution in [3.8, 4) is 0 Å². The molecule has 0 saturated heterocycles. The first kappa shape index (κ1) is 10.5. The highest BCUT2D eigenvalue weighted by Crippen LogP contribution is 2.28. The number of nitrogens with zero attached hydrogens (tertiary/aromatic N) is 1. The van der Waals surface area contributed by atoms with Gasteiger partial charge in [0.1, 0.15) is 5.15 Å². The maximum atomic E-state index is 9.28. The van der Waals surface area contributed by atoms with E-state index in [1.165, 1.54) is 0 Å². The molecule has 80 valence electrons. The van der Waals surface area contributed by atoms with E-state index in [4.69, 9.17) is 11.6 Å². The van der Waals surface area contributed by atoms with Gasteiger partial charge in [-0.3, -0.25) is 5.10 Å². The Balaban J connectivity index is 2.59. The Kier molecular flexibility index (Phi) is 2.44. The molecule has 0 radical (unpaired) electrons. The summed E-state index contributed by atoms with van der Waals surface area (Å²) in [5, 5.41) is 17.5. The van der Waals surface area contributed by atoms with Gasteiger partial charge in [0.25, 0.3) is 0 Å². The molecule has 0 saturated carbocycles. The maximum absolute atomic E-state index is 9.28. The van der Waals surface area contributed by atoms with E-state index in [1.54, 1.807) is 0 Å². The van der Waals surface area contributed by atoms with E-state index in [2.05, 4.69) is 10.2 Å². The molecule has 3 nitrogen and oxygen atoms in total. The Morgan fingerprint density at radius 3 is 2.87 bits per heavy atom. The largest absolute Gasteiger partial charge is 0.395 e. The van der Waals surface area contributed by atoms with Crippen molar-refractivity contribution in [1.29, 1.82) is 0 Å². The van der Waals surface area contributed by atoms with E-state index < -0.39 is 0 Å². The third-order valence-electron chi connectivity index (χ3n) is 2.68. The highest BCUT2D eigenvalue weighted by molar-refractivity contribution is 6.34. The lowest BCUT2D eigenvalue weighted by molar-refractivity contribution is 0.218. The number of aliphatic hydroxyl groups excluding tert-OH is 1. The maximum Gasteiger partial charge on any atom is 0.132 e. The predicted molar refractivity (Wildman–Crippen MR) is 61.2 cm³/mol. The standard InChI is InChI=1S/C11H13ClN2O/c1-11(2,6-15)7-3-4-9-8(5-7)10(12)14-13-9/h3-5,15H,6H2,1-2H3,(H,13,14). The van der Waals surface area contributed by atoms with Gasteiger partial charge in [0.2, 0.25) is 0 Å². The summed E-state index contributed by atoms with van der Waals surface area (Å²) in [6.07, 6.45) is 0. The smallest absolute Gasteiger partial charge is 0.132 e. The molecule has 2 rings (SSSR count). The lowest BCUT2D eigenvalue weighted by atomic mass is 9.85. The van der Waals surface area contributed by atoms with Gasteiger partial charge in [-0.1, -0.05) is 31.5 Å². The van der Waals surface area contributed by atoms with Gasteiger partial charge in [0.15, 0.2) is 0 Å². The Labute approximate surface area is 93.1 Å². The number of hydrogen-bond acceptors (Lipinski definition) is 2. The predicted octanol–water partition coefficient (Wildman–Crippen LogP) is 2.49. The van der Waals surface area contributed by atoms with Crippen molar-refractivity contribution in [3.63, 3.8) is 0 Å². The summed E-state index contributed by atoms with van der Waals surface area (Å²) in [7, 11) is 0. The molecule has 2 aromatic rings. The number of aromatic amines is 1. The van der Waals surface area contributed by atoms with Crippen LogP contribution in [-0.4, -0.2) is 21.9 Å². The van der Waals surface area contributed by atoms with Crippen molar-refractivity contribution in [3.05, 3.63) is 28.9 Å². The molecule has 1 heterocycles. The van der Waals surface area contributed by atoms with E-state index in [9.17, 15) is 5.11 Å². The van der Waals surface area contributed by atoms with Crippen LogP contribution in [0, 0.1) is 0 Å². The monoisotopic (exact) mass is 224 g/mol. The lowest BCUT2D eigenvalue weighted by Gasteiger charge is -2.22. The van der Waals surface area contributed by atoms with Gasteiger partial charge in [0.05, 0.1) is 12.1 Å². The van der Waals surface area contributed by atoms with Crippen LogP contribution < -0.4 is 0 Å². The zero-order chi connectivity index (χ0) is 11.1. The highest BCUT2D eigenvalue weighted by atomic mass is 35.5. The fraction of sp³-hybridized carbons (Fsp3) is 0.364. The third-order valence-corrected chi connectivity index (χ3v) is 2.97. The average molecular weight is 225 g/mol. The topological polar surface area (TPSA) is 48.9 Å². The molecule has 0 bridgehead atoms. The molecule has 0 spiro atoms. The fourth-order valence-electron chi connectivity index (χ4n) is 1.49. The van der Waals surface area contributed by atoms with Crippen LogP contribution in [0.15, 0.2) is 18.2 Å². The molecule has 0 unspecified atom stereocenters. The molecule has 1 aromatic heterocycles. The minimum atomic E-state index is -0.255. The van der Waals surface area contributed by atoms with Crippen LogP contribution in [-0.2, 0) is 5.41 Å². The van der Waals surface area contributed by atoms with E-state index in [0.717, 1.165) is 16.5 Å². The van der Waals surface area contributed by atoms with Gasteiger partial charge in [-0.15, -0.1) is 0 Å². The van der Waals surface area contributed by atoms with Crippen LogP contribution in [0.2, 0.25) is 5.15 Å². The quantitative estimate of drug-likeness (QED) is 0.824. The number of rotatable bonds is 2. The minimum Gasteiger partial charge on any atom is -0.395 e. The molecule has 1 aromatic carbocycles. The zero-order valence-electron chi connectivity index (χ0n) is 8.71. The van der Waals surface area contributed by atoms with Gasteiger partial charge in [-0.25, -0.2) is 0 Å². The summed E-state index contributed by atoms with van der Waals surface area (Å²) >= 11 is 5.96. The summed E-state index contributed by atoms with van der Waals surface area (Å²) in [6.45, 7) is 4.08. The third kappa shape index (κ3) is 1.73. The SMILES string of the molecule is CC(C)(CO)c1ccc2n[nH]c(Cl)c2c1. The summed E-state index contributed by atoms with van der Waals surface area (Å²) in [5.74, 6) is 0. The highest BCUT2D eigenvalue weighted by Gasteiger charge is 2.20. The van der Waals surface area contributed by atoms with E-state index in [0.29, 0.717) is 5.15 Å². The second-order valence-electron chi connectivity index (χ2n) is 4.31. The first-order valence-electron chi connectivity index (χ1n) is 4.79. The summed E-state index contributed by atoms with van der Waals surface area (Å²) in [5.41, 5.74) is 1.65. The number of nitrogens with one attached hydrogen (secondary N) is 1. The number of hydrogen-bond donors (Lipinski definition) is 2. The molecular formula is C11H13ClN2O. The second-order valence-corrected chi connectivity index (χ2v) is 4.69. The van der Waals surface area contributed by atoms with Crippen LogP contribution in [0.3, 0.4) is 0 Å². The van der Waals surface area contributed by atoms with E-state index >= 15 is 0 Å². The molecule has 4 heteroatoms. The molecule has 2 N–H and O–H groups in total. The molecule has 0 aliphatic carbocycles. The Bertz CT molecular complexity index is 490. The van der Waals surface area contributed by atoms with Crippen molar-refractivity contribution in [2.75, 3.05) is 6.61 Å². The molecule has 15 heavy (non-hydrogen) atoms. The number of H-pyrrole nitrogens is 1. The van der Waals surface area contributed by atoms with Crippen LogP contribution in [0.5, 0.6) is 0 Å². The van der Waals surface area contributed by atoms with Gasteiger partial charge < -0.3 is 5.11 Å². The van der Waals surface area contributed by atoms with E-state index in [-0.39, 0.29) is 12.0 Å². The van der Waals surface area contributed by atoms with Crippen molar-refractivity contribution in [1.82, 2.24) is 10.2 Å². The van der Waals surface area contributed by atoms with Crippen LogP contribution in [0.1, 0.15) is 19.4 Å². The normalized spacial score (nSPS) is 12.3. The minimum absolute atomic E-state index is 0.105. The Morgan fingerprint density at radius 1 is 1.47 bits per heavy atom. The Hall–Kier alpha value is -1.06. The zero-order valence-corrected chi connectivity index (χ0v) is 9.47. The molecule has 0 fully saturated rings. The van der Waals surface area contributed by atoms with Crippen molar-refractivity contribution < 1.29 is 5.11 Å². The first-order chi connectivity index (χ1) is 7.04. The number of fused-ring (bicyclic) bond motifs is 1. The number of halogens is 1. The van der Waals surface area contributed by atoms with E-state index in [1.807, 2.05) is 32.0 Å². The summed E-state index contributed by atoms with van der Waals surface area (Å²) in [6, 6.07) is 5.84. The number of aliphatic hydroxyl groups is 1. The first-order valence-corrected chi connectivity index (χ1v) is 5.17. The molecule has 0 amide bonds. The fourth-order valence-corrected chi connectivity index (χ4v) is 1.68. The molecule has 0 aliphatic rings. The van der Waals surface area contributed by atoms with Crippen LogP contribution >= 0.6 is 11.6 Å². The van der Waals surface area contributed by atoms with Gasteiger partial charge in [-0.2, -0.15) is 5.10 Å². The van der Waals surface area contributed by atoms with Gasteiger partial charge in [-0.05, 0) is 17.7 Å². The van der Waals surface area contributed by atoms with Crippen molar-refractivity contribution in [2.24, 2.45) is 0 Å². The lowest BCUT2D eigenvalue weighted by Crippen LogP contribution is -2.21. The number of aromatic nitrogens is 2. The Morgan fingerprint density at radius 2 is 2.20 bits per heavy atom. The average Bonchev–Trinajstić information content (AvgIpc) is 2.60.